The maximum Gasteiger partial charge on any atom is 0.387 e. The van der Waals surface area contributed by atoms with Gasteiger partial charge in [-0.1, -0.05) is 11.8 Å². The Bertz CT molecular complexity index is 838. The van der Waals surface area contributed by atoms with Gasteiger partial charge in [0.2, 0.25) is 5.91 Å². The SMILES string of the molecule is O=C(CSc1nncn1Cc1ccco1)Nc1ccc(OC(F)F)cc1. The van der Waals surface area contributed by atoms with Gasteiger partial charge in [0.05, 0.1) is 18.6 Å². The van der Waals surface area contributed by atoms with E-state index in [1.165, 1.54) is 36.0 Å². The van der Waals surface area contributed by atoms with Crippen LogP contribution in [0, 0.1) is 0 Å². The molecular formula is C16H14F2N4O3S. The van der Waals surface area contributed by atoms with Crippen LogP contribution in [-0.4, -0.2) is 33.0 Å². The molecule has 0 aliphatic carbocycles. The van der Waals surface area contributed by atoms with Crippen LogP contribution in [0.5, 0.6) is 5.75 Å². The predicted molar refractivity (Wildman–Crippen MR) is 90.3 cm³/mol. The Labute approximate surface area is 151 Å². The molecule has 0 aliphatic heterocycles. The average molecular weight is 380 g/mol. The maximum absolute atomic E-state index is 12.1. The number of carbonyl (C=O) groups is 1. The topological polar surface area (TPSA) is 82.2 Å². The van der Waals surface area contributed by atoms with Crippen LogP contribution < -0.4 is 10.1 Å². The van der Waals surface area contributed by atoms with Crippen molar-refractivity contribution in [3.05, 3.63) is 54.7 Å². The zero-order chi connectivity index (χ0) is 18.4. The van der Waals surface area contributed by atoms with Gasteiger partial charge in [-0.05, 0) is 36.4 Å². The van der Waals surface area contributed by atoms with E-state index in [9.17, 15) is 13.6 Å². The summed E-state index contributed by atoms with van der Waals surface area (Å²) in [5.41, 5.74) is 0.481. The lowest BCUT2D eigenvalue weighted by atomic mass is 10.3. The monoisotopic (exact) mass is 380 g/mol. The summed E-state index contributed by atoms with van der Waals surface area (Å²) in [5.74, 6) is 0.636. The van der Waals surface area contributed by atoms with Crippen LogP contribution in [0.2, 0.25) is 0 Å². The Balaban J connectivity index is 1.51. The highest BCUT2D eigenvalue weighted by molar-refractivity contribution is 7.99. The molecule has 3 rings (SSSR count). The van der Waals surface area contributed by atoms with Gasteiger partial charge in [-0.25, -0.2) is 0 Å². The molecule has 1 N–H and O–H groups in total. The number of ether oxygens (including phenoxy) is 1. The summed E-state index contributed by atoms with van der Waals surface area (Å²) in [4.78, 5) is 12.0. The summed E-state index contributed by atoms with van der Waals surface area (Å²) in [6, 6.07) is 9.31. The lowest BCUT2D eigenvalue weighted by molar-refractivity contribution is -0.113. The first kappa shape index (κ1) is 17.9. The first-order chi connectivity index (χ1) is 12.6. The Morgan fingerprint density at radius 2 is 2.12 bits per heavy atom. The van der Waals surface area contributed by atoms with Crippen molar-refractivity contribution in [2.24, 2.45) is 0 Å². The summed E-state index contributed by atoms with van der Waals surface area (Å²) in [5, 5.41) is 11.1. The number of anilines is 1. The number of carbonyl (C=O) groups excluding carboxylic acids is 1. The van der Waals surface area contributed by atoms with Gasteiger partial charge in [-0.2, -0.15) is 8.78 Å². The molecule has 0 atom stereocenters. The van der Waals surface area contributed by atoms with Crippen molar-refractivity contribution in [3.63, 3.8) is 0 Å². The average Bonchev–Trinajstić information content (AvgIpc) is 3.27. The molecule has 26 heavy (non-hydrogen) atoms. The van der Waals surface area contributed by atoms with Gasteiger partial charge in [0, 0.05) is 5.69 Å². The van der Waals surface area contributed by atoms with Gasteiger partial charge in [-0.15, -0.1) is 10.2 Å². The molecule has 2 aromatic heterocycles. The van der Waals surface area contributed by atoms with E-state index in [1.54, 1.807) is 23.2 Å². The van der Waals surface area contributed by atoms with Crippen LogP contribution in [0.25, 0.3) is 0 Å². The Morgan fingerprint density at radius 1 is 1.31 bits per heavy atom. The second-order valence-electron chi connectivity index (χ2n) is 5.06. The van der Waals surface area contributed by atoms with Crippen LogP contribution in [0.3, 0.4) is 0 Å². The van der Waals surface area contributed by atoms with Crippen molar-refractivity contribution in [2.45, 2.75) is 18.3 Å². The highest BCUT2D eigenvalue weighted by atomic mass is 32.2. The number of hydrogen-bond donors (Lipinski definition) is 1. The van der Waals surface area contributed by atoms with Gasteiger partial charge in [0.1, 0.15) is 17.8 Å². The third kappa shape index (κ3) is 5.06. The van der Waals surface area contributed by atoms with E-state index in [0.29, 0.717) is 17.4 Å². The number of nitrogens with zero attached hydrogens (tertiary/aromatic N) is 3. The van der Waals surface area contributed by atoms with E-state index < -0.39 is 6.61 Å². The molecule has 0 fully saturated rings. The maximum atomic E-state index is 12.1. The minimum atomic E-state index is -2.88. The molecule has 0 aliphatic rings. The first-order valence-corrected chi connectivity index (χ1v) is 8.46. The fraction of sp³-hybridized carbons (Fsp3) is 0.188. The van der Waals surface area contributed by atoms with E-state index >= 15 is 0 Å². The second kappa shape index (κ2) is 8.48. The Kier molecular flexibility index (Phi) is 5.84. The normalized spacial score (nSPS) is 10.9. The largest absolute Gasteiger partial charge is 0.467 e. The molecule has 7 nitrogen and oxygen atoms in total. The standard InChI is InChI=1S/C16H14F2N4O3S/c17-15(18)25-12-5-3-11(4-6-12)20-14(23)9-26-16-21-19-10-22(16)8-13-2-1-7-24-13/h1-7,10,15H,8-9H2,(H,20,23). The molecule has 2 heterocycles. The number of nitrogens with one attached hydrogen (secondary N) is 1. The van der Waals surface area contributed by atoms with Crippen LogP contribution in [0.1, 0.15) is 5.76 Å². The zero-order valence-corrected chi connectivity index (χ0v) is 14.2. The molecule has 0 radical (unpaired) electrons. The smallest absolute Gasteiger partial charge is 0.387 e. The number of amides is 1. The van der Waals surface area contributed by atoms with Crippen LogP contribution in [-0.2, 0) is 11.3 Å². The number of hydrogen-bond acceptors (Lipinski definition) is 6. The van der Waals surface area contributed by atoms with Gasteiger partial charge >= 0.3 is 6.61 Å². The number of halogens is 2. The summed E-state index contributed by atoms with van der Waals surface area (Å²) in [6.07, 6.45) is 3.14. The first-order valence-electron chi connectivity index (χ1n) is 7.48. The van der Waals surface area contributed by atoms with Crippen LogP contribution >= 0.6 is 11.8 Å². The van der Waals surface area contributed by atoms with Gasteiger partial charge in [-0.3, -0.25) is 4.79 Å². The van der Waals surface area contributed by atoms with E-state index in [-0.39, 0.29) is 17.4 Å². The summed E-state index contributed by atoms with van der Waals surface area (Å²) in [7, 11) is 0. The number of benzene rings is 1. The quantitative estimate of drug-likeness (QED) is 0.604. The van der Waals surface area contributed by atoms with Crippen molar-refractivity contribution in [1.82, 2.24) is 14.8 Å². The number of rotatable bonds is 8. The van der Waals surface area contributed by atoms with E-state index in [0.717, 1.165) is 5.76 Å². The fourth-order valence-corrected chi connectivity index (χ4v) is 2.80. The van der Waals surface area contributed by atoms with E-state index in [1.807, 2.05) is 6.07 Å². The molecule has 0 saturated carbocycles. The molecule has 0 saturated heterocycles. The van der Waals surface area contributed by atoms with Crippen molar-refractivity contribution in [1.29, 1.82) is 0 Å². The Morgan fingerprint density at radius 3 is 2.81 bits per heavy atom. The highest BCUT2D eigenvalue weighted by Gasteiger charge is 2.11. The number of alkyl halides is 2. The van der Waals surface area contributed by atoms with Crippen molar-refractivity contribution >= 4 is 23.4 Å². The fourth-order valence-electron chi connectivity index (χ4n) is 2.08. The molecular weight excluding hydrogens is 366 g/mol. The number of furan rings is 1. The molecule has 3 aromatic rings. The third-order valence-electron chi connectivity index (χ3n) is 3.18. The number of thioether (sulfide) groups is 1. The van der Waals surface area contributed by atoms with E-state index in [4.69, 9.17) is 4.42 Å². The second-order valence-corrected chi connectivity index (χ2v) is 6.00. The lowest BCUT2D eigenvalue weighted by Gasteiger charge is -2.08. The molecule has 1 aromatic carbocycles. The molecule has 10 heteroatoms. The molecule has 136 valence electrons. The predicted octanol–water partition coefficient (Wildman–Crippen LogP) is 3.25. The zero-order valence-electron chi connectivity index (χ0n) is 13.3. The van der Waals surface area contributed by atoms with E-state index in [2.05, 4.69) is 20.3 Å². The minimum absolute atomic E-state index is 0.0263. The summed E-state index contributed by atoms with van der Waals surface area (Å²) in [6.45, 7) is -2.42. The van der Waals surface area contributed by atoms with Gasteiger partial charge in [0.25, 0.3) is 0 Å². The lowest BCUT2D eigenvalue weighted by Crippen LogP contribution is -2.14. The highest BCUT2D eigenvalue weighted by Crippen LogP contribution is 2.19. The molecule has 0 unspecified atom stereocenters. The van der Waals surface area contributed by atoms with Gasteiger partial charge < -0.3 is 19.0 Å². The summed E-state index contributed by atoms with van der Waals surface area (Å²) < 4.78 is 35.5. The molecule has 1 amide bonds. The minimum Gasteiger partial charge on any atom is -0.467 e. The van der Waals surface area contributed by atoms with Crippen molar-refractivity contribution < 1.29 is 22.7 Å². The van der Waals surface area contributed by atoms with Gasteiger partial charge in [0.15, 0.2) is 5.16 Å². The van der Waals surface area contributed by atoms with Crippen LogP contribution in [0.4, 0.5) is 14.5 Å². The molecule has 0 bridgehead atoms. The summed E-state index contributed by atoms with van der Waals surface area (Å²) >= 11 is 1.23. The molecule has 0 spiro atoms. The Hall–Kier alpha value is -2.88. The van der Waals surface area contributed by atoms with Crippen LogP contribution in [0.15, 0.2) is 58.6 Å². The number of aromatic nitrogens is 3. The van der Waals surface area contributed by atoms with Crippen molar-refractivity contribution in [2.75, 3.05) is 11.1 Å². The third-order valence-corrected chi connectivity index (χ3v) is 4.16. The van der Waals surface area contributed by atoms with Crippen molar-refractivity contribution in [3.8, 4) is 5.75 Å².